The zero-order chi connectivity index (χ0) is 40.9. The van der Waals surface area contributed by atoms with E-state index in [1.807, 2.05) is 0 Å². The van der Waals surface area contributed by atoms with Crippen molar-refractivity contribution >= 4 is 34.2 Å². The fraction of sp³-hybridized carbons (Fsp3) is 0.320. The number of benzene rings is 5. The Bertz CT molecular complexity index is 1830. The molecule has 2 aliphatic heterocycles. The van der Waals surface area contributed by atoms with Gasteiger partial charge in [-0.2, -0.15) is 0 Å². The zero-order valence-electron chi connectivity index (χ0n) is 34.9. The van der Waals surface area contributed by atoms with Crippen LogP contribution in [0.4, 0.5) is 11.4 Å². The lowest BCUT2D eigenvalue weighted by Gasteiger charge is -2.28. The summed E-state index contributed by atoms with van der Waals surface area (Å²) in [4.78, 5) is 25.4. The van der Waals surface area contributed by atoms with Gasteiger partial charge in [-0.05, 0) is 76.1 Å². The van der Waals surface area contributed by atoms with Gasteiger partial charge in [0.2, 0.25) is 0 Å². The van der Waals surface area contributed by atoms with Gasteiger partial charge in [-0.1, -0.05) is 121 Å². The monoisotopic (exact) mass is 801 g/mol. The van der Waals surface area contributed by atoms with Crippen molar-refractivity contribution in [2.75, 3.05) is 88.8 Å². The number of nitrogens with zero attached hydrogens (tertiary/aromatic N) is 6. The molecule has 0 unspecified atom stereocenters. The van der Waals surface area contributed by atoms with Gasteiger partial charge in [0.05, 0.1) is 49.5 Å². The standard InChI is InChI=1S/C50H60N10/c1-5-17-41(18-6-1)47-48(42-19-7-2-8-20-42)56-34-14-30-52-38-59(37-51-29-13-33-55-47)45-25-27-46(28-26-45)60-39-53-31-15-35-57-49(43-21-9-3-10-22-43)50(44-23-11-4-12-24-44)58-36-16-32-54-40-60/h1-12,17-28,51-54H,13-16,29-40H2. The van der Waals surface area contributed by atoms with E-state index in [0.29, 0.717) is 0 Å². The van der Waals surface area contributed by atoms with Crippen LogP contribution in [0.1, 0.15) is 47.9 Å². The fourth-order valence-electron chi connectivity index (χ4n) is 7.38. The van der Waals surface area contributed by atoms with Gasteiger partial charge in [0.25, 0.3) is 0 Å². The first-order valence-corrected chi connectivity index (χ1v) is 21.7. The van der Waals surface area contributed by atoms with Crippen molar-refractivity contribution in [2.45, 2.75) is 25.7 Å². The third-order valence-corrected chi connectivity index (χ3v) is 10.6. The molecule has 2 aliphatic rings. The highest BCUT2D eigenvalue weighted by atomic mass is 15.3. The first-order valence-electron chi connectivity index (χ1n) is 21.7. The van der Waals surface area contributed by atoms with Crippen LogP contribution in [0.5, 0.6) is 0 Å². The Morgan fingerprint density at radius 1 is 0.300 bits per heavy atom. The Balaban J connectivity index is 0.989. The molecule has 0 saturated carbocycles. The first-order chi connectivity index (χ1) is 29.8. The average molecular weight is 801 g/mol. The van der Waals surface area contributed by atoms with E-state index in [1.165, 1.54) is 11.4 Å². The minimum Gasteiger partial charge on any atom is -0.346 e. The van der Waals surface area contributed by atoms with E-state index in [1.54, 1.807) is 0 Å². The van der Waals surface area contributed by atoms with Gasteiger partial charge in [0.15, 0.2) is 0 Å². The summed E-state index contributed by atoms with van der Waals surface area (Å²) < 4.78 is 0. The summed E-state index contributed by atoms with van der Waals surface area (Å²) in [6.45, 7) is 9.28. The second kappa shape index (κ2) is 23.7. The van der Waals surface area contributed by atoms with Crippen molar-refractivity contribution in [1.82, 2.24) is 21.3 Å². The summed E-state index contributed by atoms with van der Waals surface area (Å²) in [7, 11) is 0. The lowest BCUT2D eigenvalue weighted by Crippen LogP contribution is -2.42. The van der Waals surface area contributed by atoms with E-state index in [9.17, 15) is 0 Å². The van der Waals surface area contributed by atoms with Gasteiger partial charge < -0.3 is 9.80 Å². The molecule has 0 saturated heterocycles. The molecule has 0 aromatic heterocycles. The van der Waals surface area contributed by atoms with Crippen LogP contribution >= 0.6 is 0 Å². The minimum absolute atomic E-state index is 0.720. The van der Waals surface area contributed by atoms with Gasteiger partial charge in [0.1, 0.15) is 0 Å². The maximum Gasteiger partial charge on any atom is 0.0904 e. The molecule has 10 heteroatoms. The second-order valence-corrected chi connectivity index (χ2v) is 15.0. The van der Waals surface area contributed by atoms with Crippen molar-refractivity contribution in [2.24, 2.45) is 20.0 Å². The van der Waals surface area contributed by atoms with E-state index in [-0.39, 0.29) is 0 Å². The maximum absolute atomic E-state index is 5.16. The zero-order valence-corrected chi connectivity index (χ0v) is 34.9. The van der Waals surface area contributed by atoms with Crippen LogP contribution in [-0.4, -0.2) is 102 Å². The predicted molar refractivity (Wildman–Crippen MR) is 253 cm³/mol. The van der Waals surface area contributed by atoms with Crippen molar-refractivity contribution < 1.29 is 0 Å². The summed E-state index contributed by atoms with van der Waals surface area (Å²) in [5, 5.41) is 14.8. The highest BCUT2D eigenvalue weighted by Crippen LogP contribution is 2.21. The molecular weight excluding hydrogens is 741 g/mol. The number of rotatable bonds is 6. The molecule has 0 aliphatic carbocycles. The molecule has 5 aromatic carbocycles. The van der Waals surface area contributed by atoms with Crippen LogP contribution in [0.3, 0.4) is 0 Å². The Hall–Kier alpha value is -5.78. The average Bonchev–Trinajstić information content (AvgIpc) is 3.32. The van der Waals surface area contributed by atoms with Crippen LogP contribution in [0.15, 0.2) is 166 Å². The molecule has 310 valence electrons. The Labute approximate surface area is 356 Å². The summed E-state index contributed by atoms with van der Waals surface area (Å²) >= 11 is 0. The van der Waals surface area contributed by atoms with E-state index in [2.05, 4.69) is 177 Å². The molecule has 0 bridgehead atoms. The molecule has 0 amide bonds. The van der Waals surface area contributed by atoms with Gasteiger partial charge >= 0.3 is 0 Å². The highest BCUT2D eigenvalue weighted by molar-refractivity contribution is 6.54. The molecular formula is C50H60N10. The Kier molecular flexibility index (Phi) is 16.7. The van der Waals surface area contributed by atoms with Crippen LogP contribution in [0.25, 0.3) is 0 Å². The quantitative estimate of drug-likeness (QED) is 0.147. The molecule has 10 nitrogen and oxygen atoms in total. The molecule has 2 heterocycles. The molecule has 0 spiro atoms. The SMILES string of the molecule is c1ccc(C2=NCCCNCN(c3ccc(N4CNCCCN=C(c5ccccc5)C(c5ccccc5)=NCCCNC4)cc3)CNCCCN=C2c2ccccc2)cc1. The van der Waals surface area contributed by atoms with Crippen LogP contribution < -0.4 is 31.1 Å². The summed E-state index contributed by atoms with van der Waals surface area (Å²) in [6.07, 6.45) is 3.70. The molecule has 4 N–H and O–H groups in total. The largest absolute Gasteiger partial charge is 0.346 e. The topological polar surface area (TPSA) is 104 Å². The number of hydrogen-bond donors (Lipinski definition) is 4. The fourth-order valence-corrected chi connectivity index (χ4v) is 7.38. The van der Waals surface area contributed by atoms with Crippen molar-refractivity contribution in [3.8, 4) is 0 Å². The number of aliphatic imine (C=N–C) groups is 4. The normalized spacial score (nSPS) is 17.7. The lowest BCUT2D eigenvalue weighted by atomic mass is 9.99. The molecule has 0 fully saturated rings. The molecule has 5 aromatic rings. The number of nitrogens with one attached hydrogen (secondary N) is 4. The third kappa shape index (κ3) is 12.6. The highest BCUT2D eigenvalue weighted by Gasteiger charge is 2.17. The second-order valence-electron chi connectivity index (χ2n) is 15.0. The Morgan fingerprint density at radius 2 is 0.533 bits per heavy atom. The lowest BCUT2D eigenvalue weighted by molar-refractivity contribution is 0.575. The van der Waals surface area contributed by atoms with E-state index < -0.39 is 0 Å². The van der Waals surface area contributed by atoms with Crippen molar-refractivity contribution in [3.63, 3.8) is 0 Å². The van der Waals surface area contributed by atoms with E-state index >= 15 is 0 Å². The smallest absolute Gasteiger partial charge is 0.0904 e. The summed E-state index contributed by atoms with van der Waals surface area (Å²) in [5.74, 6) is 0. The van der Waals surface area contributed by atoms with Crippen molar-refractivity contribution in [3.05, 3.63) is 168 Å². The third-order valence-electron chi connectivity index (χ3n) is 10.6. The molecule has 0 radical (unpaired) electrons. The van der Waals surface area contributed by atoms with E-state index in [0.717, 1.165) is 150 Å². The van der Waals surface area contributed by atoms with E-state index in [4.69, 9.17) is 20.0 Å². The van der Waals surface area contributed by atoms with Crippen LogP contribution in [0, 0.1) is 0 Å². The predicted octanol–water partition coefficient (Wildman–Crippen LogP) is 7.03. The molecule has 60 heavy (non-hydrogen) atoms. The van der Waals surface area contributed by atoms with Crippen molar-refractivity contribution in [1.29, 1.82) is 0 Å². The van der Waals surface area contributed by atoms with Crippen LogP contribution in [-0.2, 0) is 0 Å². The van der Waals surface area contributed by atoms with Gasteiger partial charge in [0, 0.05) is 59.8 Å². The molecule has 7 rings (SSSR count). The number of anilines is 2. The Morgan fingerprint density at radius 3 is 0.767 bits per heavy atom. The minimum atomic E-state index is 0.720. The van der Waals surface area contributed by atoms with Crippen LogP contribution in [0.2, 0.25) is 0 Å². The van der Waals surface area contributed by atoms with Gasteiger partial charge in [-0.25, -0.2) is 0 Å². The number of hydrogen-bond acceptors (Lipinski definition) is 10. The maximum atomic E-state index is 5.16. The summed E-state index contributed by atoms with van der Waals surface area (Å²) in [5.41, 5.74) is 10.6. The summed E-state index contributed by atoms with van der Waals surface area (Å²) in [6, 6.07) is 50.9. The molecule has 0 atom stereocenters. The van der Waals surface area contributed by atoms with Gasteiger partial charge in [-0.15, -0.1) is 0 Å². The van der Waals surface area contributed by atoms with Gasteiger partial charge in [-0.3, -0.25) is 41.2 Å². The first kappa shape index (κ1) is 42.3.